The van der Waals surface area contributed by atoms with Gasteiger partial charge in [0.05, 0.1) is 0 Å². The highest BCUT2D eigenvalue weighted by Gasteiger charge is 2.14. The van der Waals surface area contributed by atoms with E-state index in [1.165, 1.54) is 0 Å². The summed E-state index contributed by atoms with van der Waals surface area (Å²) < 4.78 is 13.7. The standard InChI is InChI=1S/C17H22FN3/c1-3-5-21-17(10-14-11-20-6-4-16(14)19)13-7-12(2)8-15(18)9-13/h4,6-9,11,17,21H,3,5,10H2,1-2H3,(H2,19,20). The molecule has 0 amide bonds. The zero-order valence-electron chi connectivity index (χ0n) is 12.6. The lowest BCUT2D eigenvalue weighted by atomic mass is 9.97. The summed E-state index contributed by atoms with van der Waals surface area (Å²) in [7, 11) is 0. The van der Waals surface area contributed by atoms with E-state index in [0.717, 1.165) is 35.3 Å². The van der Waals surface area contributed by atoms with Crippen molar-refractivity contribution in [3.8, 4) is 0 Å². The van der Waals surface area contributed by atoms with Crippen molar-refractivity contribution in [1.29, 1.82) is 0 Å². The van der Waals surface area contributed by atoms with E-state index in [9.17, 15) is 4.39 Å². The van der Waals surface area contributed by atoms with Crippen LogP contribution in [0.1, 0.15) is 36.1 Å². The lowest BCUT2D eigenvalue weighted by Gasteiger charge is -2.20. The average Bonchev–Trinajstić information content (AvgIpc) is 2.44. The molecule has 2 aromatic rings. The van der Waals surface area contributed by atoms with E-state index in [2.05, 4.69) is 17.2 Å². The molecule has 0 fully saturated rings. The first-order chi connectivity index (χ1) is 10.1. The van der Waals surface area contributed by atoms with E-state index < -0.39 is 0 Å². The SMILES string of the molecule is CCCNC(Cc1cnccc1N)c1cc(C)cc(F)c1. The molecule has 2 rings (SSSR count). The molecule has 112 valence electrons. The van der Waals surface area contributed by atoms with Gasteiger partial charge in [-0.05, 0) is 61.2 Å². The van der Waals surface area contributed by atoms with Crippen LogP contribution in [0.15, 0.2) is 36.7 Å². The first-order valence-corrected chi connectivity index (χ1v) is 7.29. The normalized spacial score (nSPS) is 12.3. The third kappa shape index (κ3) is 4.26. The fourth-order valence-electron chi connectivity index (χ4n) is 2.42. The fourth-order valence-corrected chi connectivity index (χ4v) is 2.42. The van der Waals surface area contributed by atoms with Crippen molar-refractivity contribution >= 4 is 5.69 Å². The van der Waals surface area contributed by atoms with E-state index in [0.29, 0.717) is 6.42 Å². The van der Waals surface area contributed by atoms with Gasteiger partial charge in [-0.3, -0.25) is 4.98 Å². The van der Waals surface area contributed by atoms with Crippen LogP contribution in [-0.4, -0.2) is 11.5 Å². The summed E-state index contributed by atoms with van der Waals surface area (Å²) in [4.78, 5) is 4.13. The number of benzene rings is 1. The highest BCUT2D eigenvalue weighted by Crippen LogP contribution is 2.23. The summed E-state index contributed by atoms with van der Waals surface area (Å²) in [5.41, 5.74) is 9.57. The molecule has 3 N–H and O–H groups in total. The van der Waals surface area contributed by atoms with Gasteiger partial charge < -0.3 is 11.1 Å². The molecule has 4 heteroatoms. The number of nitrogen functional groups attached to an aromatic ring is 1. The van der Waals surface area contributed by atoms with Gasteiger partial charge in [0, 0.05) is 24.1 Å². The van der Waals surface area contributed by atoms with Crippen LogP contribution in [0.3, 0.4) is 0 Å². The molecule has 0 spiro atoms. The molecule has 0 saturated carbocycles. The Morgan fingerprint density at radius 1 is 1.33 bits per heavy atom. The first-order valence-electron chi connectivity index (χ1n) is 7.29. The number of nitrogens with two attached hydrogens (primary N) is 1. The van der Waals surface area contributed by atoms with E-state index >= 15 is 0 Å². The molecule has 0 saturated heterocycles. The highest BCUT2D eigenvalue weighted by molar-refractivity contribution is 5.45. The number of anilines is 1. The number of aryl methyl sites for hydroxylation is 1. The number of aromatic nitrogens is 1. The third-order valence-electron chi connectivity index (χ3n) is 3.47. The average molecular weight is 287 g/mol. The summed E-state index contributed by atoms with van der Waals surface area (Å²) in [6, 6.07) is 6.98. The molecule has 1 unspecified atom stereocenters. The Bertz CT molecular complexity index is 578. The van der Waals surface area contributed by atoms with Gasteiger partial charge >= 0.3 is 0 Å². The molecule has 0 aliphatic rings. The van der Waals surface area contributed by atoms with Crippen LogP contribution in [0.5, 0.6) is 0 Å². The van der Waals surface area contributed by atoms with Gasteiger partial charge in [0.2, 0.25) is 0 Å². The summed E-state index contributed by atoms with van der Waals surface area (Å²) in [5.74, 6) is -0.201. The lowest BCUT2D eigenvalue weighted by molar-refractivity contribution is 0.524. The molecule has 0 aliphatic carbocycles. The van der Waals surface area contributed by atoms with Crippen molar-refractivity contribution in [3.05, 3.63) is 59.2 Å². The molecule has 21 heavy (non-hydrogen) atoms. The second-order valence-electron chi connectivity index (χ2n) is 5.35. The van der Waals surface area contributed by atoms with Gasteiger partial charge in [0.1, 0.15) is 5.82 Å². The maximum Gasteiger partial charge on any atom is 0.123 e. The second-order valence-corrected chi connectivity index (χ2v) is 5.35. The Labute approximate surface area is 125 Å². The predicted molar refractivity (Wildman–Crippen MR) is 84.5 cm³/mol. The molecule has 1 aromatic heterocycles. The van der Waals surface area contributed by atoms with Crippen LogP contribution in [0.2, 0.25) is 0 Å². The van der Waals surface area contributed by atoms with Crippen molar-refractivity contribution in [2.75, 3.05) is 12.3 Å². The summed E-state index contributed by atoms with van der Waals surface area (Å²) in [6.07, 6.45) is 5.18. The molecule has 0 bridgehead atoms. The van der Waals surface area contributed by atoms with E-state index in [-0.39, 0.29) is 11.9 Å². The van der Waals surface area contributed by atoms with Gasteiger partial charge in [-0.1, -0.05) is 13.0 Å². The van der Waals surface area contributed by atoms with Crippen molar-refractivity contribution in [3.63, 3.8) is 0 Å². The minimum Gasteiger partial charge on any atom is -0.398 e. The largest absolute Gasteiger partial charge is 0.398 e. The van der Waals surface area contributed by atoms with E-state index in [4.69, 9.17) is 5.73 Å². The summed E-state index contributed by atoms with van der Waals surface area (Å²) in [6.45, 7) is 4.89. The van der Waals surface area contributed by atoms with E-state index in [1.807, 2.05) is 13.0 Å². The van der Waals surface area contributed by atoms with Gasteiger partial charge in [-0.2, -0.15) is 0 Å². The van der Waals surface area contributed by atoms with Crippen molar-refractivity contribution in [2.45, 2.75) is 32.7 Å². The third-order valence-corrected chi connectivity index (χ3v) is 3.47. The zero-order chi connectivity index (χ0) is 15.2. The monoisotopic (exact) mass is 287 g/mol. The summed E-state index contributed by atoms with van der Waals surface area (Å²) in [5, 5.41) is 3.47. The minimum absolute atomic E-state index is 0.0332. The number of nitrogens with zero attached hydrogens (tertiary/aromatic N) is 1. The van der Waals surface area contributed by atoms with Crippen molar-refractivity contribution < 1.29 is 4.39 Å². The number of rotatable bonds is 6. The maximum absolute atomic E-state index is 13.7. The number of pyridine rings is 1. The van der Waals surface area contributed by atoms with Crippen LogP contribution in [0, 0.1) is 12.7 Å². The van der Waals surface area contributed by atoms with Crippen LogP contribution >= 0.6 is 0 Å². The predicted octanol–water partition coefficient (Wildman–Crippen LogP) is 3.39. The Morgan fingerprint density at radius 2 is 2.14 bits per heavy atom. The van der Waals surface area contributed by atoms with Gasteiger partial charge in [0.25, 0.3) is 0 Å². The molecule has 1 aromatic carbocycles. The molecule has 0 aliphatic heterocycles. The molecule has 1 heterocycles. The van der Waals surface area contributed by atoms with Gasteiger partial charge in [-0.25, -0.2) is 4.39 Å². The second kappa shape index (κ2) is 7.18. The van der Waals surface area contributed by atoms with E-state index in [1.54, 1.807) is 30.6 Å². The lowest BCUT2D eigenvalue weighted by Crippen LogP contribution is -2.24. The minimum atomic E-state index is -0.201. The van der Waals surface area contributed by atoms with Crippen molar-refractivity contribution in [2.24, 2.45) is 0 Å². The number of halogens is 1. The Hall–Kier alpha value is -1.94. The zero-order valence-corrected chi connectivity index (χ0v) is 12.6. The molecular formula is C17H22FN3. The molecular weight excluding hydrogens is 265 g/mol. The first kappa shape index (κ1) is 15.4. The van der Waals surface area contributed by atoms with Crippen LogP contribution < -0.4 is 11.1 Å². The maximum atomic E-state index is 13.7. The van der Waals surface area contributed by atoms with Crippen LogP contribution in [0.25, 0.3) is 0 Å². The molecule has 3 nitrogen and oxygen atoms in total. The molecule has 1 atom stereocenters. The number of hydrogen-bond donors (Lipinski definition) is 2. The van der Waals surface area contributed by atoms with Crippen LogP contribution in [0.4, 0.5) is 10.1 Å². The number of hydrogen-bond acceptors (Lipinski definition) is 3. The Kier molecular flexibility index (Phi) is 5.28. The quantitative estimate of drug-likeness (QED) is 0.856. The smallest absolute Gasteiger partial charge is 0.123 e. The van der Waals surface area contributed by atoms with Crippen molar-refractivity contribution in [1.82, 2.24) is 10.3 Å². The fraction of sp³-hybridized carbons (Fsp3) is 0.353. The Balaban J connectivity index is 2.27. The number of nitrogens with one attached hydrogen (secondary N) is 1. The summed E-state index contributed by atoms with van der Waals surface area (Å²) >= 11 is 0. The van der Waals surface area contributed by atoms with Gasteiger partial charge in [-0.15, -0.1) is 0 Å². The van der Waals surface area contributed by atoms with Crippen LogP contribution in [-0.2, 0) is 6.42 Å². The topological polar surface area (TPSA) is 50.9 Å². The Morgan fingerprint density at radius 3 is 2.81 bits per heavy atom. The molecule has 0 radical (unpaired) electrons. The highest BCUT2D eigenvalue weighted by atomic mass is 19.1. The van der Waals surface area contributed by atoms with Gasteiger partial charge in [0.15, 0.2) is 0 Å².